The van der Waals surface area contributed by atoms with Crippen molar-refractivity contribution in [2.24, 2.45) is 0 Å². The fourth-order valence-electron chi connectivity index (χ4n) is 5.22. The van der Waals surface area contributed by atoms with Gasteiger partial charge in [-0.15, -0.1) is 0 Å². The third kappa shape index (κ3) is 12.1. The van der Waals surface area contributed by atoms with Crippen LogP contribution in [0.3, 0.4) is 0 Å². The number of hydrogen-bond donors (Lipinski definition) is 8. The normalized spacial score (nSPS) is 24.6. The summed E-state index contributed by atoms with van der Waals surface area (Å²) in [7, 11) is 0. The van der Waals surface area contributed by atoms with Gasteiger partial charge in [0.1, 0.15) is 12.1 Å². The molecule has 3 rings (SSSR count). The van der Waals surface area contributed by atoms with Crippen LogP contribution in [0.2, 0.25) is 0 Å². The second kappa shape index (κ2) is 18.7. The summed E-state index contributed by atoms with van der Waals surface area (Å²) in [6, 6.07) is -1.62. The van der Waals surface area contributed by atoms with Gasteiger partial charge in [0.15, 0.2) is 0 Å². The molecule has 3 fully saturated rings. The highest BCUT2D eigenvalue weighted by Gasteiger charge is 2.35. The van der Waals surface area contributed by atoms with Gasteiger partial charge in [0.05, 0.1) is 45.8 Å². The topological polar surface area (TPSA) is 273 Å². The lowest BCUT2D eigenvalue weighted by Gasteiger charge is -2.34. The number of fused-ring (bicyclic) bond motifs is 2. The van der Waals surface area contributed by atoms with E-state index in [1.165, 1.54) is 9.80 Å². The van der Waals surface area contributed by atoms with E-state index in [1.54, 1.807) is 0 Å². The van der Waals surface area contributed by atoms with Crippen molar-refractivity contribution < 1.29 is 47.9 Å². The lowest BCUT2D eigenvalue weighted by molar-refractivity contribution is -0.142. The Hall–Kier alpha value is -5.30. The van der Waals surface area contributed by atoms with Gasteiger partial charge in [-0.25, -0.2) is 0 Å². The van der Waals surface area contributed by atoms with Crippen LogP contribution in [0.5, 0.6) is 0 Å². The second-order valence-corrected chi connectivity index (χ2v) is 11.3. The zero-order valence-corrected chi connectivity index (χ0v) is 26.4. The highest BCUT2D eigenvalue weighted by atomic mass is 16.2. The summed E-state index contributed by atoms with van der Waals surface area (Å²) < 4.78 is 0. The fourth-order valence-corrected chi connectivity index (χ4v) is 5.22. The van der Waals surface area contributed by atoms with Gasteiger partial charge < -0.3 is 52.3 Å². The van der Waals surface area contributed by atoms with Crippen molar-refractivity contribution in [2.75, 3.05) is 65.4 Å². The largest absolute Gasteiger partial charge is 0.354 e. The van der Waals surface area contributed by atoms with Gasteiger partial charge in [-0.2, -0.15) is 0 Å². The number of piperidine rings is 1. The Morgan fingerprint density at radius 1 is 0.396 bits per heavy atom. The van der Waals surface area contributed by atoms with E-state index in [-0.39, 0.29) is 25.4 Å². The molecule has 20 nitrogen and oxygen atoms in total. The molecule has 0 aromatic carbocycles. The molecule has 0 aliphatic carbocycles. The van der Waals surface area contributed by atoms with E-state index in [0.29, 0.717) is 38.6 Å². The average molecular weight is 679 g/mol. The van der Waals surface area contributed by atoms with Crippen molar-refractivity contribution in [3.63, 3.8) is 0 Å². The molecule has 0 radical (unpaired) electrons. The van der Waals surface area contributed by atoms with Crippen molar-refractivity contribution >= 4 is 59.1 Å². The minimum Gasteiger partial charge on any atom is -0.354 e. The number of rotatable bonds is 0. The molecule has 2 atom stereocenters. The van der Waals surface area contributed by atoms with E-state index in [1.807, 2.05) is 0 Å². The molecule has 2 unspecified atom stereocenters. The van der Waals surface area contributed by atoms with Crippen LogP contribution in [0.1, 0.15) is 38.5 Å². The van der Waals surface area contributed by atoms with Crippen molar-refractivity contribution in [3.05, 3.63) is 0 Å². The van der Waals surface area contributed by atoms with Crippen LogP contribution in [-0.2, 0) is 47.9 Å². The van der Waals surface area contributed by atoms with Gasteiger partial charge >= 0.3 is 0 Å². The van der Waals surface area contributed by atoms with Crippen LogP contribution in [0.15, 0.2) is 0 Å². The molecule has 20 heteroatoms. The highest BCUT2D eigenvalue weighted by molar-refractivity contribution is 5.94. The van der Waals surface area contributed by atoms with Crippen LogP contribution in [0.25, 0.3) is 0 Å². The smallest absolute Gasteiger partial charge is 0.243 e. The number of nitrogens with zero attached hydrogens (tertiary/aromatic N) is 2. The summed E-state index contributed by atoms with van der Waals surface area (Å²) >= 11 is 0. The minimum absolute atomic E-state index is 0.0376. The Morgan fingerprint density at radius 3 is 1.27 bits per heavy atom. The van der Waals surface area contributed by atoms with Gasteiger partial charge in [0.2, 0.25) is 59.1 Å². The summed E-state index contributed by atoms with van der Waals surface area (Å²) in [6.07, 6.45) is 2.57. The molecular weight excluding hydrogens is 636 g/mol. The van der Waals surface area contributed by atoms with Gasteiger partial charge in [-0.3, -0.25) is 47.9 Å². The Bertz CT molecular complexity index is 1290. The van der Waals surface area contributed by atoms with Crippen molar-refractivity contribution in [3.8, 4) is 0 Å². The summed E-state index contributed by atoms with van der Waals surface area (Å²) in [5.74, 6) is -6.15. The van der Waals surface area contributed by atoms with Gasteiger partial charge in [0.25, 0.3) is 0 Å². The molecule has 0 bridgehead atoms. The fraction of sp³-hybridized carbons (Fsp3) is 0.643. The number of carbonyl (C=O) groups is 10. The predicted octanol–water partition coefficient (Wildman–Crippen LogP) is -6.31. The molecule has 3 heterocycles. The summed E-state index contributed by atoms with van der Waals surface area (Å²) in [4.78, 5) is 127. The molecule has 48 heavy (non-hydrogen) atoms. The third-order valence-electron chi connectivity index (χ3n) is 7.73. The number of hydrogen-bond acceptors (Lipinski definition) is 10. The number of amides is 10. The number of carbonyl (C=O) groups excluding carboxylic acids is 10. The standard InChI is InChI=1S/C28H42N10O10/c39-19-10-30-20(40)11-32-22(42)13-34-24(44)15-36-28(48)17-4-1-2-8-37(17)25(45)6-7-29-27(47)18-5-3-9-38(18)26(46)16-35-23(43)14-33-21(41)12-31-19/h17-18H,1-16H2,(H,29,47)(H,30,40)(H,31,39)(H,32,42)(H,33,41)(H,34,44)(H,35,43)(H,36,48). The molecule has 0 saturated carbocycles. The van der Waals surface area contributed by atoms with Crippen molar-refractivity contribution in [2.45, 2.75) is 50.6 Å². The van der Waals surface area contributed by atoms with Crippen LogP contribution >= 0.6 is 0 Å². The monoisotopic (exact) mass is 678 g/mol. The van der Waals surface area contributed by atoms with Gasteiger partial charge in [-0.05, 0) is 32.1 Å². The van der Waals surface area contributed by atoms with Crippen molar-refractivity contribution in [1.29, 1.82) is 0 Å². The highest BCUT2D eigenvalue weighted by Crippen LogP contribution is 2.19. The van der Waals surface area contributed by atoms with Crippen LogP contribution < -0.4 is 42.5 Å². The van der Waals surface area contributed by atoms with E-state index in [2.05, 4.69) is 42.5 Å². The van der Waals surface area contributed by atoms with Crippen LogP contribution in [0, 0.1) is 0 Å². The van der Waals surface area contributed by atoms with E-state index < -0.39 is 111 Å². The summed E-state index contributed by atoms with van der Waals surface area (Å²) in [6.45, 7) is -2.84. The van der Waals surface area contributed by atoms with E-state index in [9.17, 15) is 47.9 Å². The first-order valence-electron chi connectivity index (χ1n) is 15.7. The zero-order chi connectivity index (χ0) is 35.1. The summed E-state index contributed by atoms with van der Waals surface area (Å²) in [5.41, 5.74) is 0. The molecule has 264 valence electrons. The van der Waals surface area contributed by atoms with Crippen LogP contribution in [0.4, 0.5) is 0 Å². The molecule has 0 spiro atoms. The maximum absolute atomic E-state index is 13.0. The lowest BCUT2D eigenvalue weighted by atomic mass is 10.0. The molecule has 0 aromatic heterocycles. The first-order chi connectivity index (χ1) is 22.9. The Morgan fingerprint density at radius 2 is 0.771 bits per heavy atom. The van der Waals surface area contributed by atoms with Gasteiger partial charge in [-0.1, -0.05) is 0 Å². The molecule has 0 aromatic rings. The first-order valence-corrected chi connectivity index (χ1v) is 15.7. The van der Waals surface area contributed by atoms with E-state index in [4.69, 9.17) is 0 Å². The Kier molecular flexibility index (Phi) is 14.5. The molecule has 3 aliphatic rings. The Balaban J connectivity index is 1.60. The average Bonchev–Trinajstić information content (AvgIpc) is 3.58. The summed E-state index contributed by atoms with van der Waals surface area (Å²) in [5, 5.41) is 18.8. The third-order valence-corrected chi connectivity index (χ3v) is 7.73. The SMILES string of the molecule is O=C1CNC(=O)CNC(=O)CNC(=O)CNC(=O)C2CCCCN2C(=O)CCNC(=O)C2CCCN2C(=O)CNC(=O)CNC(=O)CN1. The second-order valence-electron chi connectivity index (χ2n) is 11.3. The van der Waals surface area contributed by atoms with Crippen LogP contribution in [-0.4, -0.2) is 146 Å². The quantitative estimate of drug-likeness (QED) is 0.120. The Labute approximate surface area is 275 Å². The maximum atomic E-state index is 13.0. The van der Waals surface area contributed by atoms with E-state index in [0.717, 1.165) is 0 Å². The predicted molar refractivity (Wildman–Crippen MR) is 163 cm³/mol. The molecule has 10 amide bonds. The number of nitrogens with one attached hydrogen (secondary N) is 8. The van der Waals surface area contributed by atoms with Gasteiger partial charge in [0, 0.05) is 26.1 Å². The lowest BCUT2D eigenvalue weighted by Crippen LogP contribution is -2.54. The first kappa shape index (κ1) is 37.2. The van der Waals surface area contributed by atoms with E-state index >= 15 is 0 Å². The molecule has 8 N–H and O–H groups in total. The zero-order valence-electron chi connectivity index (χ0n) is 26.4. The maximum Gasteiger partial charge on any atom is 0.243 e. The molecule has 3 aliphatic heterocycles. The minimum atomic E-state index is -0.824. The van der Waals surface area contributed by atoms with Crippen molar-refractivity contribution in [1.82, 2.24) is 52.3 Å². The molecular formula is C28H42N10O10. The molecule has 3 saturated heterocycles.